The zero-order valence-corrected chi connectivity index (χ0v) is 16.8. The van der Waals surface area contributed by atoms with Gasteiger partial charge in [-0.1, -0.05) is 26.7 Å². The Bertz CT molecular complexity index is 546. The first-order valence-electron chi connectivity index (χ1n) is 11.3. The second-order valence-electron chi connectivity index (χ2n) is 10.6. The molecular formula is C23H38O3. The van der Waals surface area contributed by atoms with E-state index in [0.29, 0.717) is 35.0 Å². The molecule has 8 atom stereocenters. The number of aliphatic hydroxyl groups excluding tert-OH is 1. The molecule has 0 aromatic carbocycles. The fraction of sp³-hybridized carbons (Fsp3) is 0.957. The minimum Gasteiger partial charge on any atom is -0.481 e. The summed E-state index contributed by atoms with van der Waals surface area (Å²) in [5.74, 6) is 2.85. The van der Waals surface area contributed by atoms with E-state index in [0.717, 1.165) is 31.1 Å². The van der Waals surface area contributed by atoms with Crippen LogP contribution in [0.15, 0.2) is 0 Å². The number of aliphatic carboxylic acids is 1. The molecule has 0 aliphatic heterocycles. The molecule has 4 aliphatic rings. The monoisotopic (exact) mass is 362 g/mol. The maximum absolute atomic E-state index is 11.0. The molecule has 4 aliphatic carbocycles. The Morgan fingerprint density at radius 1 is 0.962 bits per heavy atom. The average Bonchev–Trinajstić information content (AvgIpc) is 2.91. The van der Waals surface area contributed by atoms with E-state index in [1.807, 2.05) is 0 Å². The molecule has 148 valence electrons. The molecule has 3 nitrogen and oxygen atoms in total. The lowest BCUT2D eigenvalue weighted by atomic mass is 9.44. The summed E-state index contributed by atoms with van der Waals surface area (Å²) in [5.41, 5.74) is 0.751. The first-order chi connectivity index (χ1) is 12.4. The van der Waals surface area contributed by atoms with Gasteiger partial charge in [-0.15, -0.1) is 0 Å². The third-order valence-corrected chi connectivity index (χ3v) is 9.73. The van der Waals surface area contributed by atoms with Gasteiger partial charge in [0.15, 0.2) is 0 Å². The summed E-state index contributed by atoms with van der Waals surface area (Å²) < 4.78 is 0. The van der Waals surface area contributed by atoms with Crippen LogP contribution in [0.4, 0.5) is 0 Å². The van der Waals surface area contributed by atoms with Gasteiger partial charge in [0.2, 0.25) is 0 Å². The second kappa shape index (κ2) is 6.79. The van der Waals surface area contributed by atoms with Gasteiger partial charge in [-0.3, -0.25) is 4.79 Å². The molecule has 0 saturated heterocycles. The lowest BCUT2D eigenvalue weighted by molar-refractivity contribution is -0.157. The smallest absolute Gasteiger partial charge is 0.303 e. The van der Waals surface area contributed by atoms with Crippen LogP contribution in [0, 0.1) is 40.4 Å². The lowest BCUT2D eigenvalue weighted by Gasteiger charge is -2.61. The van der Waals surface area contributed by atoms with Crippen LogP contribution in [0.3, 0.4) is 0 Å². The van der Waals surface area contributed by atoms with Crippen LogP contribution in [-0.2, 0) is 4.79 Å². The zero-order chi connectivity index (χ0) is 18.5. The number of carboxylic acids is 1. The number of fused-ring (bicyclic) bond motifs is 5. The minimum absolute atomic E-state index is 0.0880. The van der Waals surface area contributed by atoms with E-state index in [4.69, 9.17) is 5.11 Å². The predicted octanol–water partition coefficient (Wildman–Crippen LogP) is 5.26. The highest BCUT2D eigenvalue weighted by Gasteiger charge is 2.61. The van der Waals surface area contributed by atoms with E-state index < -0.39 is 5.97 Å². The fourth-order valence-electron chi connectivity index (χ4n) is 8.44. The number of rotatable bonds is 4. The number of carboxylic acid groups (broad SMARTS) is 1. The molecular weight excluding hydrogens is 324 g/mol. The summed E-state index contributed by atoms with van der Waals surface area (Å²) in [6, 6.07) is 0. The van der Waals surface area contributed by atoms with Crippen molar-refractivity contribution in [2.45, 2.75) is 97.0 Å². The highest BCUT2D eigenvalue weighted by atomic mass is 16.4. The second-order valence-corrected chi connectivity index (χ2v) is 10.6. The van der Waals surface area contributed by atoms with Crippen LogP contribution in [-0.4, -0.2) is 22.3 Å². The van der Waals surface area contributed by atoms with E-state index in [2.05, 4.69) is 13.8 Å². The van der Waals surface area contributed by atoms with Gasteiger partial charge in [0.1, 0.15) is 0 Å². The van der Waals surface area contributed by atoms with Crippen molar-refractivity contribution >= 4 is 5.97 Å². The molecule has 4 rings (SSSR count). The van der Waals surface area contributed by atoms with Crippen molar-refractivity contribution in [1.29, 1.82) is 0 Å². The summed E-state index contributed by atoms with van der Waals surface area (Å²) in [6.07, 6.45) is 13.7. The fourth-order valence-corrected chi connectivity index (χ4v) is 8.44. The third-order valence-electron chi connectivity index (χ3n) is 9.73. The van der Waals surface area contributed by atoms with E-state index in [9.17, 15) is 9.90 Å². The van der Waals surface area contributed by atoms with Crippen molar-refractivity contribution in [3.05, 3.63) is 0 Å². The van der Waals surface area contributed by atoms with Gasteiger partial charge in [-0.05, 0) is 98.2 Å². The van der Waals surface area contributed by atoms with Crippen molar-refractivity contribution in [2.24, 2.45) is 40.4 Å². The number of hydrogen-bond acceptors (Lipinski definition) is 2. The van der Waals surface area contributed by atoms with Crippen molar-refractivity contribution in [1.82, 2.24) is 0 Å². The molecule has 0 amide bonds. The standard InChI is InChI=1S/C23H38O3/c1-22-13-11-18-16(14-20(24)19-7-3-4-12-23(18,19)2)17(22)10-9-15(22)6-5-8-21(25)26/h15-20,24H,3-14H2,1-2H3,(H,25,26)/t15?,16-,17-,18-,19-,20-,22+,23+/m0/s1. The first kappa shape index (κ1) is 18.8. The van der Waals surface area contributed by atoms with Gasteiger partial charge < -0.3 is 10.2 Å². The Kier molecular flexibility index (Phi) is 4.91. The van der Waals surface area contributed by atoms with E-state index in [-0.39, 0.29) is 6.10 Å². The summed E-state index contributed by atoms with van der Waals surface area (Å²) in [7, 11) is 0. The maximum Gasteiger partial charge on any atom is 0.303 e. The summed E-state index contributed by atoms with van der Waals surface area (Å²) in [5, 5.41) is 20.0. The van der Waals surface area contributed by atoms with E-state index in [1.165, 1.54) is 51.4 Å². The van der Waals surface area contributed by atoms with Crippen LogP contribution >= 0.6 is 0 Å². The molecule has 0 aromatic rings. The first-order valence-corrected chi connectivity index (χ1v) is 11.3. The Labute approximate surface area is 158 Å². The number of carbonyl (C=O) groups is 1. The molecule has 4 fully saturated rings. The van der Waals surface area contributed by atoms with E-state index in [1.54, 1.807) is 0 Å². The molecule has 1 unspecified atom stereocenters. The SMILES string of the molecule is C[C@]12CCCC[C@H]1[C@@H](O)C[C@@H]1[C@@H]2CC[C@]2(C)C(CCCC(=O)O)CC[C@@H]12. The Balaban J connectivity index is 1.52. The highest BCUT2D eigenvalue weighted by Crippen LogP contribution is 2.67. The van der Waals surface area contributed by atoms with E-state index >= 15 is 0 Å². The molecule has 0 aromatic heterocycles. The van der Waals surface area contributed by atoms with Crippen molar-refractivity contribution in [3.63, 3.8) is 0 Å². The van der Waals surface area contributed by atoms with Crippen LogP contribution in [0.1, 0.15) is 90.9 Å². The summed E-state index contributed by atoms with van der Waals surface area (Å²) in [4.78, 5) is 10.9. The molecule has 0 bridgehead atoms. The van der Waals surface area contributed by atoms with Crippen LogP contribution in [0.2, 0.25) is 0 Å². The predicted molar refractivity (Wildman–Crippen MR) is 103 cm³/mol. The minimum atomic E-state index is -0.653. The topological polar surface area (TPSA) is 57.5 Å². The molecule has 0 spiro atoms. The number of aliphatic hydroxyl groups is 1. The molecule has 3 heteroatoms. The highest BCUT2D eigenvalue weighted by molar-refractivity contribution is 5.66. The lowest BCUT2D eigenvalue weighted by Crippen LogP contribution is -2.56. The quantitative estimate of drug-likeness (QED) is 0.717. The van der Waals surface area contributed by atoms with Gasteiger partial charge in [0.05, 0.1) is 6.10 Å². The van der Waals surface area contributed by atoms with Gasteiger partial charge in [-0.2, -0.15) is 0 Å². The average molecular weight is 363 g/mol. The summed E-state index contributed by atoms with van der Waals surface area (Å²) in [6.45, 7) is 5.02. The van der Waals surface area contributed by atoms with Crippen molar-refractivity contribution < 1.29 is 15.0 Å². The molecule has 0 heterocycles. The Morgan fingerprint density at radius 2 is 1.73 bits per heavy atom. The third kappa shape index (κ3) is 2.84. The Morgan fingerprint density at radius 3 is 2.50 bits per heavy atom. The van der Waals surface area contributed by atoms with Crippen molar-refractivity contribution in [2.75, 3.05) is 0 Å². The van der Waals surface area contributed by atoms with Gasteiger partial charge in [0.25, 0.3) is 0 Å². The van der Waals surface area contributed by atoms with Crippen molar-refractivity contribution in [3.8, 4) is 0 Å². The maximum atomic E-state index is 11.0. The number of hydrogen-bond donors (Lipinski definition) is 2. The van der Waals surface area contributed by atoms with Crippen LogP contribution < -0.4 is 0 Å². The largest absolute Gasteiger partial charge is 0.481 e. The van der Waals surface area contributed by atoms with Crippen LogP contribution in [0.5, 0.6) is 0 Å². The molecule has 4 saturated carbocycles. The summed E-state index contributed by atoms with van der Waals surface area (Å²) >= 11 is 0. The van der Waals surface area contributed by atoms with Gasteiger partial charge >= 0.3 is 5.97 Å². The zero-order valence-electron chi connectivity index (χ0n) is 16.8. The molecule has 0 radical (unpaired) electrons. The molecule has 26 heavy (non-hydrogen) atoms. The van der Waals surface area contributed by atoms with Gasteiger partial charge in [-0.25, -0.2) is 0 Å². The Hall–Kier alpha value is -0.570. The van der Waals surface area contributed by atoms with Gasteiger partial charge in [0, 0.05) is 6.42 Å². The van der Waals surface area contributed by atoms with Crippen LogP contribution in [0.25, 0.3) is 0 Å². The normalized spacial score (nSPS) is 50.6. The molecule has 2 N–H and O–H groups in total.